The lowest BCUT2D eigenvalue weighted by molar-refractivity contribution is -0.113. The molecule has 1 unspecified atom stereocenters. The molecule has 164 valence electrons. The molecule has 3 aromatic rings. The first-order valence-corrected chi connectivity index (χ1v) is 11.6. The molecule has 6 nitrogen and oxygen atoms in total. The minimum atomic E-state index is -0.394. The van der Waals surface area contributed by atoms with Crippen LogP contribution in [0.25, 0.3) is 0 Å². The van der Waals surface area contributed by atoms with Crippen molar-refractivity contribution >= 4 is 39.3 Å². The van der Waals surface area contributed by atoms with Crippen LogP contribution in [0.2, 0.25) is 0 Å². The Morgan fingerprint density at radius 1 is 1.19 bits per heavy atom. The van der Waals surface area contributed by atoms with E-state index in [0.717, 1.165) is 15.7 Å². The Kier molecular flexibility index (Phi) is 7.72. The number of carbonyl (C=O) groups excluding carboxylic acids is 1. The van der Waals surface area contributed by atoms with E-state index in [9.17, 15) is 9.18 Å². The third-order valence-corrected chi connectivity index (χ3v) is 6.30. The first-order valence-electron chi connectivity index (χ1n) is 9.80. The molecule has 1 aromatic heterocycles. The summed E-state index contributed by atoms with van der Waals surface area (Å²) in [7, 11) is 0. The van der Waals surface area contributed by atoms with Crippen molar-refractivity contribution in [3.8, 4) is 5.75 Å². The maximum absolute atomic E-state index is 13.1. The Labute approximate surface area is 193 Å². The lowest BCUT2D eigenvalue weighted by atomic mass is 10.2. The maximum atomic E-state index is 13.1. The number of nitrogens with zero attached hydrogens (tertiary/aromatic N) is 3. The molecule has 1 amide bonds. The second-order valence-corrected chi connectivity index (χ2v) is 9.12. The largest absolute Gasteiger partial charge is 0.483 e. The molecule has 0 radical (unpaired) electrons. The van der Waals surface area contributed by atoms with Crippen LogP contribution in [0.3, 0.4) is 0 Å². The summed E-state index contributed by atoms with van der Waals surface area (Å²) < 4.78 is 22.0. The molecule has 31 heavy (non-hydrogen) atoms. The molecule has 9 heteroatoms. The normalized spacial score (nSPS) is 12.1. The number of aryl methyl sites for hydroxylation is 1. The van der Waals surface area contributed by atoms with E-state index in [1.54, 1.807) is 12.1 Å². The van der Waals surface area contributed by atoms with E-state index in [2.05, 4.69) is 31.4 Å². The van der Waals surface area contributed by atoms with Gasteiger partial charge in [-0.05, 0) is 75.7 Å². The minimum absolute atomic E-state index is 0.0731. The van der Waals surface area contributed by atoms with Crippen LogP contribution in [-0.2, 0) is 4.79 Å². The number of hydrogen-bond donors (Lipinski definition) is 1. The molecule has 0 bridgehead atoms. The van der Waals surface area contributed by atoms with E-state index >= 15 is 0 Å². The predicted molar refractivity (Wildman–Crippen MR) is 124 cm³/mol. The van der Waals surface area contributed by atoms with Gasteiger partial charge in [0.25, 0.3) is 0 Å². The number of rotatable bonds is 8. The van der Waals surface area contributed by atoms with E-state index in [1.807, 2.05) is 50.5 Å². The quantitative estimate of drug-likeness (QED) is 0.382. The maximum Gasteiger partial charge on any atom is 0.234 e. The van der Waals surface area contributed by atoms with Crippen molar-refractivity contribution in [2.45, 2.75) is 45.0 Å². The average molecular weight is 507 g/mol. The fraction of sp³-hybridized carbons (Fsp3) is 0.318. The number of thioether (sulfide) groups is 1. The van der Waals surface area contributed by atoms with Crippen LogP contribution in [0.1, 0.15) is 44.3 Å². The van der Waals surface area contributed by atoms with Gasteiger partial charge in [-0.2, -0.15) is 0 Å². The summed E-state index contributed by atoms with van der Waals surface area (Å²) in [6.07, 6.45) is -0.394. The zero-order valence-electron chi connectivity index (χ0n) is 17.7. The fourth-order valence-corrected chi connectivity index (χ4v) is 4.09. The van der Waals surface area contributed by atoms with Crippen LogP contribution < -0.4 is 10.1 Å². The molecule has 1 N–H and O–H groups in total. The van der Waals surface area contributed by atoms with Crippen molar-refractivity contribution in [1.29, 1.82) is 0 Å². The molecule has 0 fully saturated rings. The van der Waals surface area contributed by atoms with E-state index in [1.165, 1.54) is 23.9 Å². The minimum Gasteiger partial charge on any atom is -0.483 e. The van der Waals surface area contributed by atoms with E-state index in [-0.39, 0.29) is 23.5 Å². The number of halogens is 2. The van der Waals surface area contributed by atoms with E-state index in [0.29, 0.717) is 16.7 Å². The second kappa shape index (κ2) is 10.3. The van der Waals surface area contributed by atoms with Gasteiger partial charge in [0.2, 0.25) is 5.91 Å². The number of amides is 1. The van der Waals surface area contributed by atoms with Crippen LogP contribution in [0.5, 0.6) is 5.75 Å². The van der Waals surface area contributed by atoms with Gasteiger partial charge in [0.05, 0.1) is 5.75 Å². The van der Waals surface area contributed by atoms with Gasteiger partial charge in [0.15, 0.2) is 17.1 Å². The molecule has 1 heterocycles. The molecule has 0 saturated heterocycles. The van der Waals surface area contributed by atoms with Gasteiger partial charge >= 0.3 is 0 Å². The summed E-state index contributed by atoms with van der Waals surface area (Å²) in [5.74, 6) is 0.951. The van der Waals surface area contributed by atoms with Crippen LogP contribution in [0, 0.1) is 12.7 Å². The van der Waals surface area contributed by atoms with Crippen molar-refractivity contribution in [2.24, 2.45) is 0 Å². The first-order chi connectivity index (χ1) is 14.7. The second-order valence-electron chi connectivity index (χ2n) is 7.32. The molecule has 3 rings (SSSR count). The van der Waals surface area contributed by atoms with Crippen molar-refractivity contribution in [2.75, 3.05) is 11.1 Å². The highest BCUT2D eigenvalue weighted by molar-refractivity contribution is 9.10. The summed E-state index contributed by atoms with van der Waals surface area (Å²) in [6.45, 7) is 7.87. The standard InChI is InChI=1S/C22H24BrFN4O2S/c1-13(2)28-21(15(4)30-18-8-5-16(24)6-9-18)26-27-22(28)31-12-20(29)25-17-7-10-19(23)14(3)11-17/h5-11,13,15H,12H2,1-4H3,(H,25,29). The highest BCUT2D eigenvalue weighted by atomic mass is 79.9. The number of anilines is 1. The predicted octanol–water partition coefficient (Wildman–Crippen LogP) is 5.94. The summed E-state index contributed by atoms with van der Waals surface area (Å²) in [5, 5.41) is 12.1. The van der Waals surface area contributed by atoms with Crippen molar-refractivity contribution in [1.82, 2.24) is 14.8 Å². The number of benzene rings is 2. The van der Waals surface area contributed by atoms with Gasteiger partial charge in [0, 0.05) is 16.2 Å². The summed E-state index contributed by atoms with van der Waals surface area (Å²) in [6, 6.07) is 11.6. The number of aromatic nitrogens is 3. The third-order valence-electron chi connectivity index (χ3n) is 4.47. The van der Waals surface area contributed by atoms with Gasteiger partial charge < -0.3 is 14.6 Å². The first kappa shape index (κ1) is 23.3. The number of nitrogens with one attached hydrogen (secondary N) is 1. The van der Waals surface area contributed by atoms with E-state index in [4.69, 9.17) is 4.74 Å². The topological polar surface area (TPSA) is 69.0 Å². The summed E-state index contributed by atoms with van der Waals surface area (Å²) in [5.41, 5.74) is 1.79. The Balaban J connectivity index is 1.67. The van der Waals surface area contributed by atoms with Crippen LogP contribution in [0.4, 0.5) is 10.1 Å². The van der Waals surface area contributed by atoms with Crippen molar-refractivity contribution < 1.29 is 13.9 Å². The third kappa shape index (κ3) is 6.07. The Hall–Kier alpha value is -2.39. The highest BCUT2D eigenvalue weighted by Gasteiger charge is 2.22. The monoisotopic (exact) mass is 506 g/mol. The molecule has 0 aliphatic rings. The van der Waals surface area contributed by atoms with Gasteiger partial charge in [0.1, 0.15) is 11.6 Å². The summed E-state index contributed by atoms with van der Waals surface area (Å²) in [4.78, 5) is 12.4. The molecule has 2 aromatic carbocycles. The fourth-order valence-electron chi connectivity index (χ4n) is 2.97. The Bertz CT molecular complexity index is 1060. The van der Waals surface area contributed by atoms with Crippen LogP contribution >= 0.6 is 27.7 Å². The smallest absolute Gasteiger partial charge is 0.234 e. The summed E-state index contributed by atoms with van der Waals surface area (Å²) >= 11 is 4.77. The van der Waals surface area contributed by atoms with Crippen LogP contribution in [0.15, 0.2) is 52.1 Å². The van der Waals surface area contributed by atoms with Crippen LogP contribution in [-0.4, -0.2) is 26.4 Å². The molecule has 0 spiro atoms. The molecular weight excluding hydrogens is 483 g/mol. The van der Waals surface area contributed by atoms with Gasteiger partial charge in [-0.1, -0.05) is 27.7 Å². The Morgan fingerprint density at radius 2 is 1.90 bits per heavy atom. The number of ether oxygens (including phenoxy) is 1. The van der Waals surface area contributed by atoms with Crippen molar-refractivity contribution in [3.05, 3.63) is 64.1 Å². The molecule has 1 atom stereocenters. The Morgan fingerprint density at radius 3 is 2.55 bits per heavy atom. The van der Waals surface area contributed by atoms with Gasteiger partial charge in [-0.3, -0.25) is 4.79 Å². The molecule has 0 aliphatic heterocycles. The average Bonchev–Trinajstić information content (AvgIpc) is 3.15. The highest BCUT2D eigenvalue weighted by Crippen LogP contribution is 2.28. The number of carbonyl (C=O) groups is 1. The van der Waals surface area contributed by atoms with Gasteiger partial charge in [-0.25, -0.2) is 4.39 Å². The van der Waals surface area contributed by atoms with Crippen molar-refractivity contribution in [3.63, 3.8) is 0 Å². The lowest BCUT2D eigenvalue weighted by Crippen LogP contribution is -2.16. The van der Waals surface area contributed by atoms with Gasteiger partial charge in [-0.15, -0.1) is 10.2 Å². The lowest BCUT2D eigenvalue weighted by Gasteiger charge is -2.18. The molecule has 0 saturated carbocycles. The van der Waals surface area contributed by atoms with E-state index < -0.39 is 6.10 Å². The zero-order valence-corrected chi connectivity index (χ0v) is 20.1. The molecular formula is C22H24BrFN4O2S. The number of hydrogen-bond acceptors (Lipinski definition) is 5. The zero-order chi connectivity index (χ0) is 22.5. The SMILES string of the molecule is Cc1cc(NC(=O)CSc2nnc(C(C)Oc3ccc(F)cc3)n2C(C)C)ccc1Br. The molecule has 0 aliphatic carbocycles.